The zero-order chi connectivity index (χ0) is 24.0. The molecule has 0 aliphatic carbocycles. The normalized spacial score (nSPS) is 11.9. The van der Waals surface area contributed by atoms with Crippen LogP contribution < -0.4 is 5.32 Å². The van der Waals surface area contributed by atoms with Gasteiger partial charge in [0.25, 0.3) is 0 Å². The van der Waals surface area contributed by atoms with Crippen LogP contribution in [-0.2, 0) is 20.3 Å². The molecule has 4 heterocycles. The van der Waals surface area contributed by atoms with Gasteiger partial charge < -0.3 is 14.3 Å². The molecule has 0 aliphatic heterocycles. The summed E-state index contributed by atoms with van der Waals surface area (Å²) < 4.78 is 49.4. The van der Waals surface area contributed by atoms with E-state index in [0.29, 0.717) is 23.8 Å². The highest BCUT2D eigenvalue weighted by Crippen LogP contribution is 2.38. The van der Waals surface area contributed by atoms with Crippen molar-refractivity contribution in [2.24, 2.45) is 14.1 Å². The monoisotopic (exact) mass is 468 g/mol. The Bertz CT molecular complexity index is 1500. The average Bonchev–Trinajstić information content (AvgIpc) is 3.50. The van der Waals surface area contributed by atoms with E-state index < -0.39 is 11.7 Å². The summed E-state index contributed by atoms with van der Waals surface area (Å²) in [5.41, 5.74) is 1.33. The molecular weight excluding hydrogens is 449 g/mol. The number of benzene rings is 1. The van der Waals surface area contributed by atoms with Crippen LogP contribution in [0.1, 0.15) is 12.5 Å². The second-order valence-electron chi connectivity index (χ2n) is 7.62. The molecule has 34 heavy (non-hydrogen) atoms. The van der Waals surface area contributed by atoms with Gasteiger partial charge in [0, 0.05) is 26.2 Å². The molecule has 174 valence electrons. The summed E-state index contributed by atoms with van der Waals surface area (Å²) in [6.07, 6.45) is -1.30. The third-order valence-electron chi connectivity index (χ3n) is 5.29. The molecule has 9 nitrogen and oxygen atoms in total. The fraction of sp³-hybridized carbons (Fsp3) is 0.227. The van der Waals surface area contributed by atoms with Crippen LogP contribution in [0.25, 0.3) is 45.3 Å². The number of rotatable bonds is 5. The Hall–Kier alpha value is -4.22. The van der Waals surface area contributed by atoms with Gasteiger partial charge in [0.1, 0.15) is 28.9 Å². The molecule has 0 amide bonds. The largest absolute Gasteiger partial charge is 0.434 e. The zero-order valence-electron chi connectivity index (χ0n) is 18.4. The first-order chi connectivity index (χ1) is 16.3. The molecule has 0 radical (unpaired) electrons. The minimum absolute atomic E-state index is 0.0184. The van der Waals surface area contributed by atoms with Gasteiger partial charge in [-0.15, -0.1) is 10.2 Å². The van der Waals surface area contributed by atoms with Crippen molar-refractivity contribution < 1.29 is 17.6 Å². The molecule has 0 fully saturated rings. The Morgan fingerprint density at radius 3 is 2.65 bits per heavy atom. The van der Waals surface area contributed by atoms with Crippen LogP contribution in [0.5, 0.6) is 0 Å². The van der Waals surface area contributed by atoms with Gasteiger partial charge in [0.15, 0.2) is 11.4 Å². The first-order valence-electron chi connectivity index (χ1n) is 10.4. The Balaban J connectivity index is 1.70. The van der Waals surface area contributed by atoms with Crippen LogP contribution in [0.3, 0.4) is 0 Å². The predicted molar refractivity (Wildman–Crippen MR) is 119 cm³/mol. The quantitative estimate of drug-likeness (QED) is 0.404. The maximum atomic E-state index is 13.5. The van der Waals surface area contributed by atoms with E-state index in [1.54, 1.807) is 34.9 Å². The molecule has 12 heteroatoms. The maximum absolute atomic E-state index is 13.5. The molecule has 0 saturated carbocycles. The van der Waals surface area contributed by atoms with Gasteiger partial charge in [0.2, 0.25) is 5.89 Å². The molecule has 0 aliphatic rings. The maximum Gasteiger partial charge on any atom is 0.420 e. The number of halogens is 3. The van der Waals surface area contributed by atoms with Crippen molar-refractivity contribution in [3.05, 3.63) is 48.4 Å². The molecule has 4 aromatic heterocycles. The molecule has 0 unspecified atom stereocenters. The topological polar surface area (TPSA) is 99.5 Å². The van der Waals surface area contributed by atoms with Crippen LogP contribution in [0, 0.1) is 0 Å². The first-order valence-corrected chi connectivity index (χ1v) is 10.4. The molecule has 5 aromatic rings. The summed E-state index contributed by atoms with van der Waals surface area (Å²) in [7, 11) is 3.61. The summed E-state index contributed by atoms with van der Waals surface area (Å²) in [6, 6.07) is 7.27. The predicted octanol–water partition coefficient (Wildman–Crippen LogP) is 4.54. The minimum atomic E-state index is -4.57. The molecule has 0 atom stereocenters. The van der Waals surface area contributed by atoms with E-state index >= 15 is 0 Å². The third kappa shape index (κ3) is 3.66. The van der Waals surface area contributed by atoms with Crippen LogP contribution in [0.4, 0.5) is 19.0 Å². The van der Waals surface area contributed by atoms with Gasteiger partial charge in [-0.2, -0.15) is 18.3 Å². The van der Waals surface area contributed by atoms with Crippen molar-refractivity contribution in [3.63, 3.8) is 0 Å². The second-order valence-corrected chi connectivity index (χ2v) is 7.62. The molecule has 0 saturated heterocycles. The summed E-state index contributed by atoms with van der Waals surface area (Å²) >= 11 is 0. The fourth-order valence-electron chi connectivity index (χ4n) is 3.80. The summed E-state index contributed by atoms with van der Waals surface area (Å²) in [5.74, 6) is 1.11. The van der Waals surface area contributed by atoms with E-state index in [2.05, 4.69) is 30.6 Å². The molecule has 1 aromatic carbocycles. The number of alkyl halides is 3. The summed E-state index contributed by atoms with van der Waals surface area (Å²) in [4.78, 5) is 8.80. The lowest BCUT2D eigenvalue weighted by atomic mass is 10.1. The minimum Gasteiger partial charge on any atom is -0.434 e. The van der Waals surface area contributed by atoms with E-state index in [1.165, 1.54) is 12.1 Å². The van der Waals surface area contributed by atoms with E-state index in [9.17, 15) is 13.2 Å². The van der Waals surface area contributed by atoms with E-state index in [4.69, 9.17) is 4.42 Å². The van der Waals surface area contributed by atoms with Crippen LogP contribution in [0.15, 0.2) is 47.3 Å². The van der Waals surface area contributed by atoms with Gasteiger partial charge >= 0.3 is 6.18 Å². The summed E-state index contributed by atoms with van der Waals surface area (Å²) in [6.45, 7) is 2.50. The van der Waals surface area contributed by atoms with E-state index in [1.807, 2.05) is 20.0 Å². The Morgan fingerprint density at radius 1 is 1.12 bits per heavy atom. The van der Waals surface area contributed by atoms with Crippen molar-refractivity contribution >= 4 is 16.9 Å². The highest BCUT2D eigenvalue weighted by Gasteiger charge is 2.35. The smallest absolute Gasteiger partial charge is 0.420 e. The molecule has 5 rings (SSSR count). The standard InChI is InChI=1S/C22H19F3N8O/c1-4-26-17-9-12(18-13(10-28-33(18)3)20-31-27-11-32(20)2)8-16(29-17)21-30-15-7-5-6-14(19(15)34-21)22(23,24)25/h5-11H,4H2,1-3H3,(H,26,29). The SMILES string of the molecule is CCNc1cc(-c2c(-c3nncn3C)cnn2C)cc(-c2nc3cccc(C(F)(F)F)c3o2)n1. The van der Waals surface area contributed by atoms with E-state index in [-0.39, 0.29) is 22.7 Å². The number of hydrogen-bond acceptors (Lipinski definition) is 7. The fourth-order valence-corrected chi connectivity index (χ4v) is 3.80. The molecule has 0 spiro atoms. The lowest BCUT2D eigenvalue weighted by molar-refractivity contribution is -0.136. The zero-order valence-corrected chi connectivity index (χ0v) is 18.4. The van der Waals surface area contributed by atoms with Crippen molar-refractivity contribution in [2.75, 3.05) is 11.9 Å². The van der Waals surface area contributed by atoms with Gasteiger partial charge in [-0.05, 0) is 31.2 Å². The average molecular weight is 468 g/mol. The number of fused-ring (bicyclic) bond motifs is 1. The lowest BCUT2D eigenvalue weighted by Crippen LogP contribution is -2.04. The van der Waals surface area contributed by atoms with Crippen LogP contribution in [0.2, 0.25) is 0 Å². The van der Waals surface area contributed by atoms with Crippen molar-refractivity contribution in [3.8, 4) is 34.2 Å². The van der Waals surface area contributed by atoms with Gasteiger partial charge in [0.05, 0.1) is 17.5 Å². The number of hydrogen-bond donors (Lipinski definition) is 1. The van der Waals surface area contributed by atoms with Crippen molar-refractivity contribution in [2.45, 2.75) is 13.1 Å². The third-order valence-corrected chi connectivity index (χ3v) is 5.29. The second kappa shape index (κ2) is 7.97. The van der Waals surface area contributed by atoms with Crippen LogP contribution in [-0.4, -0.2) is 41.1 Å². The number of anilines is 1. The highest BCUT2D eigenvalue weighted by atomic mass is 19.4. The van der Waals surface area contributed by atoms with Crippen molar-refractivity contribution in [1.82, 2.24) is 34.5 Å². The van der Waals surface area contributed by atoms with Gasteiger partial charge in [-0.25, -0.2) is 9.97 Å². The number of oxazole rings is 1. The number of nitrogens with zero attached hydrogens (tertiary/aromatic N) is 7. The van der Waals surface area contributed by atoms with E-state index in [0.717, 1.165) is 17.3 Å². The molecule has 1 N–H and O–H groups in total. The van der Waals surface area contributed by atoms with Gasteiger partial charge in [-0.3, -0.25) is 4.68 Å². The highest BCUT2D eigenvalue weighted by molar-refractivity contribution is 5.83. The number of pyridine rings is 1. The Morgan fingerprint density at radius 2 is 1.94 bits per heavy atom. The number of para-hydroxylation sites is 1. The van der Waals surface area contributed by atoms with Gasteiger partial charge in [-0.1, -0.05) is 6.07 Å². The van der Waals surface area contributed by atoms with Crippen LogP contribution >= 0.6 is 0 Å². The summed E-state index contributed by atoms with van der Waals surface area (Å²) in [5, 5.41) is 15.6. The number of aromatic nitrogens is 7. The first kappa shape index (κ1) is 21.6. The van der Waals surface area contributed by atoms with Crippen molar-refractivity contribution in [1.29, 1.82) is 0 Å². The Kier molecular flexibility index (Phi) is 5.07. The number of aryl methyl sites for hydroxylation is 2. The molecule has 0 bridgehead atoms. The Labute approximate surface area is 191 Å². The lowest BCUT2D eigenvalue weighted by Gasteiger charge is -2.11. The number of nitrogens with one attached hydrogen (secondary N) is 1. The molecular formula is C22H19F3N8O.